The Kier molecular flexibility index (Phi) is 4.90. The summed E-state index contributed by atoms with van der Waals surface area (Å²) in [6.07, 6.45) is -0.635. The van der Waals surface area contributed by atoms with Crippen molar-refractivity contribution in [2.75, 3.05) is 33.4 Å². The molecule has 104 valence electrons. The normalized spacial score (nSPS) is 21.2. The molecule has 0 aliphatic carbocycles. The van der Waals surface area contributed by atoms with Gasteiger partial charge >= 0.3 is 0 Å². The number of carbonyl (C=O) groups excluding carboxylic acids is 1. The predicted octanol–water partition coefficient (Wildman–Crippen LogP) is 0.560. The molecule has 0 radical (unpaired) electrons. The van der Waals surface area contributed by atoms with Gasteiger partial charge in [-0.25, -0.2) is 0 Å². The van der Waals surface area contributed by atoms with Crippen LogP contribution >= 0.6 is 0 Å². The minimum atomic E-state index is -0.561. The Morgan fingerprint density at radius 2 is 2.26 bits per heavy atom. The molecule has 2 atom stereocenters. The molecule has 1 heterocycles. The lowest BCUT2D eigenvalue weighted by Crippen LogP contribution is -2.49. The maximum Gasteiger partial charge on any atom is 0.253 e. The summed E-state index contributed by atoms with van der Waals surface area (Å²) in [5.41, 5.74) is 6.62. The molecule has 0 saturated carbocycles. The summed E-state index contributed by atoms with van der Waals surface area (Å²) in [6, 6.07) is 9.92. The second-order valence-electron chi connectivity index (χ2n) is 4.51. The number of ether oxygens (including phenoxy) is 2. The number of morpholine rings is 1. The van der Waals surface area contributed by atoms with Crippen LogP contribution in [-0.2, 0) is 14.3 Å². The van der Waals surface area contributed by atoms with Crippen LogP contribution in [0.15, 0.2) is 30.3 Å². The Hall–Kier alpha value is -1.43. The zero-order valence-electron chi connectivity index (χ0n) is 11.1. The summed E-state index contributed by atoms with van der Waals surface area (Å²) in [7, 11) is 1.50. The number of rotatable bonds is 4. The zero-order chi connectivity index (χ0) is 13.7. The summed E-state index contributed by atoms with van der Waals surface area (Å²) in [6.45, 7) is 1.86. The molecule has 0 spiro atoms. The molecule has 1 aromatic rings. The van der Waals surface area contributed by atoms with Crippen LogP contribution in [0.1, 0.15) is 11.7 Å². The van der Waals surface area contributed by atoms with Crippen LogP contribution in [-0.4, -0.2) is 50.3 Å². The lowest BCUT2D eigenvalue weighted by molar-refractivity contribution is -0.149. The fourth-order valence-electron chi connectivity index (χ4n) is 2.22. The van der Waals surface area contributed by atoms with Crippen molar-refractivity contribution in [3.8, 4) is 0 Å². The molecular weight excluding hydrogens is 244 g/mol. The number of benzene rings is 1. The fourth-order valence-corrected chi connectivity index (χ4v) is 2.22. The van der Waals surface area contributed by atoms with Gasteiger partial charge in [0.25, 0.3) is 5.91 Å². The highest BCUT2D eigenvalue weighted by atomic mass is 16.5. The number of methoxy groups -OCH3 is 1. The summed E-state index contributed by atoms with van der Waals surface area (Å²) in [5, 5.41) is 0. The first kappa shape index (κ1) is 14.0. The molecule has 1 aliphatic rings. The quantitative estimate of drug-likeness (QED) is 0.863. The molecule has 1 amide bonds. The minimum Gasteiger partial charge on any atom is -0.370 e. The van der Waals surface area contributed by atoms with Gasteiger partial charge < -0.3 is 20.1 Å². The SMILES string of the molecule is COC(CN)C(=O)N1CCOC(c2ccccc2)C1. The van der Waals surface area contributed by atoms with Gasteiger partial charge in [0, 0.05) is 20.2 Å². The lowest BCUT2D eigenvalue weighted by atomic mass is 10.1. The molecular formula is C14H20N2O3. The molecule has 1 fully saturated rings. The van der Waals surface area contributed by atoms with Crippen LogP contribution in [0.3, 0.4) is 0 Å². The highest BCUT2D eigenvalue weighted by Crippen LogP contribution is 2.22. The van der Waals surface area contributed by atoms with E-state index in [0.29, 0.717) is 19.7 Å². The maximum atomic E-state index is 12.2. The Bertz CT molecular complexity index is 406. The standard InChI is InChI=1S/C14H20N2O3/c1-18-12(9-15)14(17)16-7-8-19-13(10-16)11-5-3-2-4-6-11/h2-6,12-13H,7-10,15H2,1H3. The average molecular weight is 264 g/mol. The molecule has 5 nitrogen and oxygen atoms in total. The van der Waals surface area contributed by atoms with Gasteiger partial charge in [0.1, 0.15) is 12.2 Å². The zero-order valence-corrected chi connectivity index (χ0v) is 11.1. The summed E-state index contributed by atoms with van der Waals surface area (Å²) < 4.78 is 10.8. The monoisotopic (exact) mass is 264 g/mol. The van der Waals surface area contributed by atoms with Gasteiger partial charge in [0.2, 0.25) is 0 Å². The third-order valence-electron chi connectivity index (χ3n) is 3.32. The van der Waals surface area contributed by atoms with Crippen molar-refractivity contribution in [2.45, 2.75) is 12.2 Å². The van der Waals surface area contributed by atoms with E-state index < -0.39 is 6.10 Å². The van der Waals surface area contributed by atoms with E-state index in [4.69, 9.17) is 15.2 Å². The third kappa shape index (κ3) is 3.32. The van der Waals surface area contributed by atoms with Crippen molar-refractivity contribution in [1.29, 1.82) is 0 Å². The van der Waals surface area contributed by atoms with Crippen molar-refractivity contribution in [3.63, 3.8) is 0 Å². The van der Waals surface area contributed by atoms with Gasteiger partial charge in [-0.2, -0.15) is 0 Å². The van der Waals surface area contributed by atoms with Gasteiger partial charge in [0.15, 0.2) is 0 Å². The van der Waals surface area contributed by atoms with Crippen LogP contribution in [0, 0.1) is 0 Å². The molecule has 2 unspecified atom stereocenters. The first-order valence-electron chi connectivity index (χ1n) is 6.44. The molecule has 0 bridgehead atoms. The molecule has 5 heteroatoms. The Balaban J connectivity index is 2.03. The van der Waals surface area contributed by atoms with Gasteiger partial charge in [0.05, 0.1) is 13.2 Å². The van der Waals surface area contributed by atoms with Crippen molar-refractivity contribution >= 4 is 5.91 Å². The summed E-state index contributed by atoms with van der Waals surface area (Å²) in [5.74, 6) is -0.0609. The van der Waals surface area contributed by atoms with E-state index in [2.05, 4.69) is 0 Å². The van der Waals surface area contributed by atoms with Crippen molar-refractivity contribution in [3.05, 3.63) is 35.9 Å². The van der Waals surface area contributed by atoms with E-state index >= 15 is 0 Å². The van der Waals surface area contributed by atoms with Crippen molar-refractivity contribution < 1.29 is 14.3 Å². The van der Waals surface area contributed by atoms with Gasteiger partial charge in [-0.15, -0.1) is 0 Å². The second kappa shape index (κ2) is 6.65. The van der Waals surface area contributed by atoms with Gasteiger partial charge in [-0.3, -0.25) is 4.79 Å². The Morgan fingerprint density at radius 3 is 2.89 bits per heavy atom. The summed E-state index contributed by atoms with van der Waals surface area (Å²) >= 11 is 0. The lowest BCUT2D eigenvalue weighted by Gasteiger charge is -2.34. The molecule has 1 aromatic carbocycles. The number of hydrogen-bond donors (Lipinski definition) is 1. The van der Waals surface area contributed by atoms with E-state index in [1.807, 2.05) is 30.3 Å². The largest absolute Gasteiger partial charge is 0.370 e. The Labute approximate surface area is 113 Å². The van der Waals surface area contributed by atoms with E-state index in [-0.39, 0.29) is 18.6 Å². The first-order chi connectivity index (χ1) is 9.26. The maximum absolute atomic E-state index is 12.2. The minimum absolute atomic E-state index is 0.0609. The van der Waals surface area contributed by atoms with E-state index in [1.165, 1.54) is 7.11 Å². The molecule has 0 aromatic heterocycles. The van der Waals surface area contributed by atoms with Crippen LogP contribution in [0.2, 0.25) is 0 Å². The number of carbonyl (C=O) groups is 1. The molecule has 1 saturated heterocycles. The predicted molar refractivity (Wildman–Crippen MR) is 71.6 cm³/mol. The smallest absolute Gasteiger partial charge is 0.253 e. The second-order valence-corrected chi connectivity index (χ2v) is 4.51. The van der Waals surface area contributed by atoms with E-state index in [0.717, 1.165) is 5.56 Å². The van der Waals surface area contributed by atoms with E-state index in [9.17, 15) is 4.79 Å². The van der Waals surface area contributed by atoms with E-state index in [1.54, 1.807) is 4.90 Å². The Morgan fingerprint density at radius 1 is 1.53 bits per heavy atom. The average Bonchev–Trinajstić information content (AvgIpc) is 2.49. The van der Waals surface area contributed by atoms with Gasteiger partial charge in [-0.05, 0) is 5.56 Å². The molecule has 2 N–H and O–H groups in total. The topological polar surface area (TPSA) is 64.8 Å². The highest BCUT2D eigenvalue weighted by Gasteiger charge is 2.29. The molecule has 2 rings (SSSR count). The fraction of sp³-hybridized carbons (Fsp3) is 0.500. The van der Waals surface area contributed by atoms with Crippen LogP contribution in [0.25, 0.3) is 0 Å². The first-order valence-corrected chi connectivity index (χ1v) is 6.44. The van der Waals surface area contributed by atoms with Gasteiger partial charge in [-0.1, -0.05) is 30.3 Å². The number of nitrogens with two attached hydrogens (primary N) is 1. The van der Waals surface area contributed by atoms with Crippen molar-refractivity contribution in [2.24, 2.45) is 5.73 Å². The van der Waals surface area contributed by atoms with Crippen LogP contribution in [0.4, 0.5) is 0 Å². The van der Waals surface area contributed by atoms with Crippen molar-refractivity contribution in [1.82, 2.24) is 4.90 Å². The highest BCUT2D eigenvalue weighted by molar-refractivity contribution is 5.81. The van der Waals surface area contributed by atoms with Crippen LogP contribution in [0.5, 0.6) is 0 Å². The third-order valence-corrected chi connectivity index (χ3v) is 3.32. The number of amides is 1. The number of nitrogens with zero attached hydrogens (tertiary/aromatic N) is 1. The summed E-state index contributed by atoms with van der Waals surface area (Å²) in [4.78, 5) is 14.0. The molecule has 19 heavy (non-hydrogen) atoms. The molecule has 1 aliphatic heterocycles. The van der Waals surface area contributed by atoms with Crippen LogP contribution < -0.4 is 5.73 Å². The number of hydrogen-bond acceptors (Lipinski definition) is 4.